The van der Waals surface area contributed by atoms with E-state index in [2.05, 4.69) is 22.1 Å². The van der Waals surface area contributed by atoms with Crippen LogP contribution in [0.2, 0.25) is 0 Å². The van der Waals surface area contributed by atoms with Gasteiger partial charge in [0, 0.05) is 31.3 Å². The fourth-order valence-corrected chi connectivity index (χ4v) is 2.81. The SMILES string of the molecule is CN(Cc1ccccc1)c1ccc2nc(-c3ccc([N+](=O)[O-])cc3)oc2n1. The van der Waals surface area contributed by atoms with E-state index in [0.717, 1.165) is 12.4 Å². The van der Waals surface area contributed by atoms with Crippen molar-refractivity contribution in [2.24, 2.45) is 0 Å². The van der Waals surface area contributed by atoms with E-state index in [0.29, 0.717) is 22.7 Å². The average Bonchev–Trinajstić information content (AvgIpc) is 3.12. The summed E-state index contributed by atoms with van der Waals surface area (Å²) in [6.07, 6.45) is 0. The Morgan fingerprint density at radius 1 is 1.00 bits per heavy atom. The Bertz CT molecular complexity index is 1090. The summed E-state index contributed by atoms with van der Waals surface area (Å²) in [4.78, 5) is 21.3. The van der Waals surface area contributed by atoms with Crippen LogP contribution >= 0.6 is 0 Å². The first-order valence-corrected chi connectivity index (χ1v) is 8.37. The number of oxazole rings is 1. The molecule has 0 aliphatic rings. The topological polar surface area (TPSA) is 85.3 Å². The third kappa shape index (κ3) is 3.48. The quantitative estimate of drug-likeness (QED) is 0.386. The third-order valence-electron chi connectivity index (χ3n) is 4.22. The first kappa shape index (κ1) is 16.7. The Balaban J connectivity index is 1.60. The second kappa shape index (κ2) is 6.87. The molecule has 0 amide bonds. The molecule has 0 aliphatic carbocycles. The number of nitro groups is 1. The van der Waals surface area contributed by atoms with E-state index in [4.69, 9.17) is 4.42 Å². The minimum atomic E-state index is -0.438. The molecule has 7 nitrogen and oxygen atoms in total. The van der Waals surface area contributed by atoms with Crippen LogP contribution in [-0.4, -0.2) is 21.9 Å². The predicted octanol–water partition coefficient (Wildman–Crippen LogP) is 4.43. The molecule has 0 bridgehead atoms. The van der Waals surface area contributed by atoms with Crippen molar-refractivity contribution in [2.45, 2.75) is 6.54 Å². The number of benzene rings is 2. The molecule has 4 aromatic rings. The molecular formula is C20H16N4O3. The van der Waals surface area contributed by atoms with Gasteiger partial charge in [-0.15, -0.1) is 0 Å². The van der Waals surface area contributed by atoms with Crippen LogP contribution < -0.4 is 4.90 Å². The fraction of sp³-hybridized carbons (Fsp3) is 0.100. The number of fused-ring (bicyclic) bond motifs is 1. The number of hydrogen-bond donors (Lipinski definition) is 0. The molecule has 0 saturated carbocycles. The zero-order chi connectivity index (χ0) is 18.8. The number of pyridine rings is 1. The normalized spacial score (nSPS) is 10.9. The van der Waals surface area contributed by atoms with Gasteiger partial charge in [-0.3, -0.25) is 10.1 Å². The van der Waals surface area contributed by atoms with Crippen LogP contribution in [0.4, 0.5) is 11.5 Å². The lowest BCUT2D eigenvalue weighted by Crippen LogP contribution is -2.17. The third-order valence-corrected chi connectivity index (χ3v) is 4.22. The molecule has 0 N–H and O–H groups in total. The highest BCUT2D eigenvalue weighted by Gasteiger charge is 2.13. The molecular weight excluding hydrogens is 344 g/mol. The highest BCUT2D eigenvalue weighted by molar-refractivity contribution is 5.74. The van der Waals surface area contributed by atoms with Gasteiger partial charge < -0.3 is 9.32 Å². The van der Waals surface area contributed by atoms with E-state index in [1.54, 1.807) is 12.1 Å². The van der Waals surface area contributed by atoms with E-state index in [-0.39, 0.29) is 5.69 Å². The van der Waals surface area contributed by atoms with Gasteiger partial charge in [-0.2, -0.15) is 4.98 Å². The summed E-state index contributed by atoms with van der Waals surface area (Å²) >= 11 is 0. The van der Waals surface area contributed by atoms with Gasteiger partial charge in [-0.25, -0.2) is 4.98 Å². The van der Waals surface area contributed by atoms with Crippen LogP contribution in [0.1, 0.15) is 5.56 Å². The second-order valence-corrected chi connectivity index (χ2v) is 6.16. The monoisotopic (exact) mass is 360 g/mol. The standard InChI is InChI=1S/C20H16N4O3/c1-23(13-14-5-3-2-4-6-14)18-12-11-17-20(22-18)27-19(21-17)15-7-9-16(10-8-15)24(25)26/h2-12H,13H2,1H3. The van der Waals surface area contributed by atoms with E-state index >= 15 is 0 Å². The van der Waals surface area contributed by atoms with Crippen molar-refractivity contribution >= 4 is 22.7 Å². The lowest BCUT2D eigenvalue weighted by molar-refractivity contribution is -0.384. The maximum Gasteiger partial charge on any atom is 0.269 e. The molecule has 134 valence electrons. The van der Waals surface area contributed by atoms with Crippen LogP contribution in [-0.2, 0) is 6.54 Å². The molecule has 2 aromatic heterocycles. The number of non-ortho nitro benzene ring substituents is 1. The molecule has 0 atom stereocenters. The van der Waals surface area contributed by atoms with Crippen molar-refractivity contribution < 1.29 is 9.34 Å². The van der Waals surface area contributed by atoms with Crippen molar-refractivity contribution in [3.63, 3.8) is 0 Å². The summed E-state index contributed by atoms with van der Waals surface area (Å²) in [5, 5.41) is 10.8. The van der Waals surface area contributed by atoms with Gasteiger partial charge in [0.2, 0.25) is 11.6 Å². The number of aromatic nitrogens is 2. The largest absolute Gasteiger partial charge is 0.418 e. The molecule has 2 heterocycles. The lowest BCUT2D eigenvalue weighted by atomic mass is 10.2. The fourth-order valence-electron chi connectivity index (χ4n) is 2.81. The molecule has 0 radical (unpaired) electrons. The van der Waals surface area contributed by atoms with Crippen molar-refractivity contribution in [1.82, 2.24) is 9.97 Å². The summed E-state index contributed by atoms with van der Waals surface area (Å²) in [5.74, 6) is 1.16. The minimum Gasteiger partial charge on any atom is -0.418 e. The zero-order valence-electron chi connectivity index (χ0n) is 14.6. The molecule has 0 fully saturated rings. The summed E-state index contributed by atoms with van der Waals surface area (Å²) in [6, 6.07) is 20.0. The Morgan fingerprint density at radius 2 is 1.74 bits per heavy atom. The molecule has 0 aliphatic heterocycles. The molecule has 27 heavy (non-hydrogen) atoms. The van der Waals surface area contributed by atoms with E-state index in [9.17, 15) is 10.1 Å². The van der Waals surface area contributed by atoms with Gasteiger partial charge in [-0.1, -0.05) is 30.3 Å². The highest BCUT2D eigenvalue weighted by Crippen LogP contribution is 2.26. The summed E-state index contributed by atoms with van der Waals surface area (Å²) in [6.45, 7) is 0.725. The summed E-state index contributed by atoms with van der Waals surface area (Å²) in [7, 11) is 1.97. The Hall–Kier alpha value is -3.74. The average molecular weight is 360 g/mol. The first-order chi connectivity index (χ1) is 13.1. The van der Waals surface area contributed by atoms with E-state index in [1.165, 1.54) is 17.7 Å². The highest BCUT2D eigenvalue weighted by atomic mass is 16.6. The van der Waals surface area contributed by atoms with Gasteiger partial charge in [0.25, 0.3) is 5.69 Å². The molecule has 0 saturated heterocycles. The van der Waals surface area contributed by atoms with Crippen molar-refractivity contribution in [3.05, 3.63) is 82.4 Å². The molecule has 4 rings (SSSR count). The number of anilines is 1. The number of rotatable bonds is 5. The van der Waals surface area contributed by atoms with E-state index < -0.39 is 4.92 Å². The molecule has 0 spiro atoms. The molecule has 0 unspecified atom stereocenters. The van der Waals surface area contributed by atoms with Gasteiger partial charge in [-0.05, 0) is 29.8 Å². The van der Waals surface area contributed by atoms with Gasteiger partial charge in [0.1, 0.15) is 11.3 Å². The van der Waals surface area contributed by atoms with Crippen LogP contribution in [0.25, 0.3) is 22.7 Å². The number of hydrogen-bond acceptors (Lipinski definition) is 6. The Morgan fingerprint density at radius 3 is 2.44 bits per heavy atom. The smallest absolute Gasteiger partial charge is 0.269 e. The maximum atomic E-state index is 10.8. The van der Waals surface area contributed by atoms with Gasteiger partial charge in [0.15, 0.2) is 0 Å². The first-order valence-electron chi connectivity index (χ1n) is 8.37. The van der Waals surface area contributed by atoms with Crippen molar-refractivity contribution in [1.29, 1.82) is 0 Å². The van der Waals surface area contributed by atoms with Crippen LogP contribution in [0.15, 0.2) is 71.1 Å². The van der Waals surface area contributed by atoms with Crippen LogP contribution in [0.3, 0.4) is 0 Å². The van der Waals surface area contributed by atoms with Gasteiger partial charge >= 0.3 is 0 Å². The van der Waals surface area contributed by atoms with Crippen LogP contribution in [0.5, 0.6) is 0 Å². The second-order valence-electron chi connectivity index (χ2n) is 6.16. The molecule has 2 aromatic carbocycles. The molecule has 7 heteroatoms. The zero-order valence-corrected chi connectivity index (χ0v) is 14.6. The maximum absolute atomic E-state index is 10.8. The predicted molar refractivity (Wildman–Crippen MR) is 102 cm³/mol. The van der Waals surface area contributed by atoms with Crippen molar-refractivity contribution in [2.75, 3.05) is 11.9 Å². The number of nitro benzene ring substituents is 1. The van der Waals surface area contributed by atoms with E-state index in [1.807, 2.05) is 42.3 Å². The minimum absolute atomic E-state index is 0.0257. The Kier molecular flexibility index (Phi) is 4.25. The Labute approximate surface area is 155 Å². The lowest BCUT2D eigenvalue weighted by Gasteiger charge is -2.17. The summed E-state index contributed by atoms with van der Waals surface area (Å²) < 4.78 is 5.78. The van der Waals surface area contributed by atoms with Crippen LogP contribution in [0, 0.1) is 10.1 Å². The van der Waals surface area contributed by atoms with Gasteiger partial charge in [0.05, 0.1) is 4.92 Å². The number of nitrogens with zero attached hydrogens (tertiary/aromatic N) is 4. The summed E-state index contributed by atoms with van der Waals surface area (Å²) in [5.41, 5.74) is 2.95. The van der Waals surface area contributed by atoms with Crippen molar-refractivity contribution in [3.8, 4) is 11.5 Å².